The van der Waals surface area contributed by atoms with Crippen molar-refractivity contribution in [2.45, 2.75) is 19.4 Å². The minimum absolute atomic E-state index is 0.103. The summed E-state index contributed by atoms with van der Waals surface area (Å²) in [5, 5.41) is 20.1. The van der Waals surface area contributed by atoms with Gasteiger partial charge >= 0.3 is 0 Å². The van der Waals surface area contributed by atoms with Crippen LogP contribution < -0.4 is 9.80 Å². The van der Waals surface area contributed by atoms with E-state index in [1.165, 1.54) is 6.07 Å². The zero-order valence-electron chi connectivity index (χ0n) is 10.5. The number of aliphatic hydroxyl groups is 1. The lowest BCUT2D eigenvalue weighted by Gasteiger charge is -2.19. The van der Waals surface area contributed by atoms with E-state index in [4.69, 9.17) is 0 Å². The molecule has 1 aliphatic heterocycles. The Morgan fingerprint density at radius 3 is 2.83 bits per heavy atom. The number of nitro benzene ring substituents is 1. The second kappa shape index (κ2) is 4.81. The number of aliphatic hydroxyl groups excluding tert-OH is 1. The molecule has 0 bridgehead atoms. The largest absolute Gasteiger partial charge is 0.393 e. The lowest BCUT2D eigenvalue weighted by molar-refractivity contribution is -0.384. The van der Waals surface area contributed by atoms with Gasteiger partial charge < -0.3 is 14.9 Å². The molecule has 1 unspecified atom stereocenters. The molecule has 18 heavy (non-hydrogen) atoms. The first-order chi connectivity index (χ1) is 8.49. The fraction of sp³-hybridized carbons (Fsp3) is 0.500. The molecule has 0 spiro atoms. The zero-order valence-corrected chi connectivity index (χ0v) is 10.5. The van der Waals surface area contributed by atoms with Crippen LogP contribution in [-0.2, 0) is 0 Å². The fourth-order valence-electron chi connectivity index (χ4n) is 2.14. The Hall–Kier alpha value is -1.82. The standard InChI is InChI=1S/C12H17N3O3/c1-9(16)5-6-14-8-13(2)11-4-3-10(15(17)18)7-12(11)14/h3-4,7,9,16H,5-6,8H2,1-2H3. The summed E-state index contributed by atoms with van der Waals surface area (Å²) < 4.78 is 0. The highest BCUT2D eigenvalue weighted by molar-refractivity contribution is 5.78. The van der Waals surface area contributed by atoms with Crippen molar-refractivity contribution in [3.63, 3.8) is 0 Å². The maximum Gasteiger partial charge on any atom is 0.271 e. The monoisotopic (exact) mass is 251 g/mol. The van der Waals surface area contributed by atoms with Gasteiger partial charge in [0.05, 0.1) is 29.1 Å². The molecule has 1 N–H and O–H groups in total. The van der Waals surface area contributed by atoms with Crippen LogP contribution in [0.1, 0.15) is 13.3 Å². The third-order valence-electron chi connectivity index (χ3n) is 3.12. The molecule has 1 heterocycles. The highest BCUT2D eigenvalue weighted by Crippen LogP contribution is 2.37. The van der Waals surface area contributed by atoms with Gasteiger partial charge in [0.2, 0.25) is 0 Å². The molecule has 6 nitrogen and oxygen atoms in total. The lowest BCUT2D eigenvalue weighted by atomic mass is 10.2. The SMILES string of the molecule is CC(O)CCN1CN(C)c2ccc([N+](=O)[O-])cc21. The molecule has 1 aromatic rings. The van der Waals surface area contributed by atoms with Gasteiger partial charge in [-0.15, -0.1) is 0 Å². The van der Waals surface area contributed by atoms with Crippen LogP contribution in [-0.4, -0.2) is 36.4 Å². The highest BCUT2D eigenvalue weighted by Gasteiger charge is 2.25. The van der Waals surface area contributed by atoms with Crippen molar-refractivity contribution < 1.29 is 10.0 Å². The quantitative estimate of drug-likeness (QED) is 0.650. The van der Waals surface area contributed by atoms with Crippen molar-refractivity contribution >= 4 is 17.1 Å². The number of non-ortho nitro benzene ring substituents is 1. The molecule has 0 amide bonds. The lowest BCUT2D eigenvalue weighted by Crippen LogP contribution is -2.30. The molecular weight excluding hydrogens is 234 g/mol. The Morgan fingerprint density at radius 2 is 2.22 bits per heavy atom. The van der Waals surface area contributed by atoms with Crippen molar-refractivity contribution in [2.24, 2.45) is 0 Å². The highest BCUT2D eigenvalue weighted by atomic mass is 16.6. The van der Waals surface area contributed by atoms with E-state index in [-0.39, 0.29) is 16.7 Å². The summed E-state index contributed by atoms with van der Waals surface area (Å²) >= 11 is 0. The Balaban J connectivity index is 2.25. The van der Waals surface area contributed by atoms with Gasteiger partial charge in [-0.05, 0) is 19.4 Å². The van der Waals surface area contributed by atoms with Crippen molar-refractivity contribution in [1.29, 1.82) is 0 Å². The summed E-state index contributed by atoms with van der Waals surface area (Å²) in [6.45, 7) is 3.13. The summed E-state index contributed by atoms with van der Waals surface area (Å²) in [5.74, 6) is 0. The summed E-state index contributed by atoms with van der Waals surface area (Å²) in [5.41, 5.74) is 1.96. The van der Waals surface area contributed by atoms with Crippen LogP contribution in [0, 0.1) is 10.1 Å². The third-order valence-corrected chi connectivity index (χ3v) is 3.12. The average Bonchev–Trinajstić information content (AvgIpc) is 2.63. The Morgan fingerprint density at radius 1 is 1.50 bits per heavy atom. The van der Waals surface area contributed by atoms with Gasteiger partial charge in [-0.3, -0.25) is 10.1 Å². The second-order valence-electron chi connectivity index (χ2n) is 4.67. The van der Waals surface area contributed by atoms with E-state index in [2.05, 4.69) is 4.90 Å². The molecule has 6 heteroatoms. The summed E-state index contributed by atoms with van der Waals surface area (Å²) in [6, 6.07) is 4.89. The van der Waals surface area contributed by atoms with Crippen LogP contribution in [0.5, 0.6) is 0 Å². The van der Waals surface area contributed by atoms with Crippen LogP contribution in [0.15, 0.2) is 18.2 Å². The van der Waals surface area contributed by atoms with E-state index >= 15 is 0 Å². The molecule has 1 atom stereocenters. The van der Waals surface area contributed by atoms with E-state index in [0.29, 0.717) is 19.6 Å². The number of nitro groups is 1. The second-order valence-corrected chi connectivity index (χ2v) is 4.67. The van der Waals surface area contributed by atoms with Gasteiger partial charge in [-0.25, -0.2) is 0 Å². The number of benzene rings is 1. The van der Waals surface area contributed by atoms with Gasteiger partial charge in [-0.1, -0.05) is 0 Å². The van der Waals surface area contributed by atoms with Crippen LogP contribution in [0.3, 0.4) is 0 Å². The van der Waals surface area contributed by atoms with Crippen molar-refractivity contribution in [1.82, 2.24) is 0 Å². The fourth-order valence-corrected chi connectivity index (χ4v) is 2.14. The van der Waals surface area contributed by atoms with E-state index < -0.39 is 0 Å². The number of hydrogen-bond donors (Lipinski definition) is 1. The molecule has 2 rings (SSSR count). The van der Waals surface area contributed by atoms with E-state index in [9.17, 15) is 15.2 Å². The maximum absolute atomic E-state index is 10.8. The first-order valence-corrected chi connectivity index (χ1v) is 5.91. The first kappa shape index (κ1) is 12.6. The van der Waals surface area contributed by atoms with E-state index in [1.807, 2.05) is 11.9 Å². The Bertz CT molecular complexity index is 462. The van der Waals surface area contributed by atoms with Gasteiger partial charge in [0.1, 0.15) is 0 Å². The Kier molecular flexibility index (Phi) is 3.38. The molecule has 0 aliphatic carbocycles. The molecule has 1 aliphatic rings. The van der Waals surface area contributed by atoms with Gasteiger partial charge in [-0.2, -0.15) is 0 Å². The van der Waals surface area contributed by atoms with Gasteiger partial charge in [0.15, 0.2) is 0 Å². The van der Waals surface area contributed by atoms with E-state index in [0.717, 1.165) is 11.4 Å². The van der Waals surface area contributed by atoms with Gasteiger partial charge in [0, 0.05) is 25.7 Å². The van der Waals surface area contributed by atoms with Crippen LogP contribution in [0.4, 0.5) is 17.1 Å². The van der Waals surface area contributed by atoms with Crippen LogP contribution in [0.25, 0.3) is 0 Å². The number of fused-ring (bicyclic) bond motifs is 1. The molecule has 1 aromatic carbocycles. The normalized spacial score (nSPS) is 15.7. The number of hydrogen-bond acceptors (Lipinski definition) is 5. The molecule has 0 aromatic heterocycles. The molecule has 0 radical (unpaired) electrons. The molecule has 0 saturated carbocycles. The zero-order chi connectivity index (χ0) is 13.3. The summed E-state index contributed by atoms with van der Waals surface area (Å²) in [4.78, 5) is 14.5. The molecule has 0 saturated heterocycles. The van der Waals surface area contributed by atoms with Crippen molar-refractivity contribution in [3.05, 3.63) is 28.3 Å². The first-order valence-electron chi connectivity index (χ1n) is 5.91. The van der Waals surface area contributed by atoms with Crippen LogP contribution >= 0.6 is 0 Å². The topological polar surface area (TPSA) is 69.8 Å². The number of rotatable bonds is 4. The average molecular weight is 251 g/mol. The summed E-state index contributed by atoms with van der Waals surface area (Å²) in [6.07, 6.45) is 0.286. The predicted molar refractivity (Wildman–Crippen MR) is 70.0 cm³/mol. The Labute approximate surface area is 106 Å². The van der Waals surface area contributed by atoms with Crippen molar-refractivity contribution in [2.75, 3.05) is 30.1 Å². The van der Waals surface area contributed by atoms with Crippen molar-refractivity contribution in [3.8, 4) is 0 Å². The minimum Gasteiger partial charge on any atom is -0.393 e. The van der Waals surface area contributed by atoms with Crippen LogP contribution in [0.2, 0.25) is 0 Å². The maximum atomic E-state index is 10.8. The molecule has 98 valence electrons. The third kappa shape index (κ3) is 2.38. The number of anilines is 2. The minimum atomic E-state index is -0.383. The molecular formula is C12H17N3O3. The summed E-state index contributed by atoms with van der Waals surface area (Å²) in [7, 11) is 1.95. The van der Waals surface area contributed by atoms with E-state index in [1.54, 1.807) is 19.1 Å². The number of nitrogens with zero attached hydrogens (tertiary/aromatic N) is 3. The smallest absolute Gasteiger partial charge is 0.271 e. The predicted octanol–water partition coefficient (Wildman–Crippen LogP) is 1.58. The molecule has 0 fully saturated rings. The van der Waals surface area contributed by atoms with Gasteiger partial charge in [0.25, 0.3) is 5.69 Å².